The summed E-state index contributed by atoms with van der Waals surface area (Å²) in [5.41, 5.74) is 5.33. The summed E-state index contributed by atoms with van der Waals surface area (Å²) >= 11 is 0. The van der Waals surface area contributed by atoms with E-state index >= 15 is 0 Å². The summed E-state index contributed by atoms with van der Waals surface area (Å²) in [7, 11) is -4.42. The van der Waals surface area contributed by atoms with Crippen molar-refractivity contribution >= 4 is 19.8 Å². The number of carbonyl (C=O) groups is 2. The highest BCUT2D eigenvalue weighted by atomic mass is 31.2. The number of aliphatic hydroxyl groups is 1. The first-order valence-corrected chi connectivity index (χ1v) is 22.7. The first kappa shape index (κ1) is 53.1. The number of hydrogen-bond donors (Lipinski definition) is 3. The Kier molecular flexibility index (Phi) is 38.3. The third-order valence-electron chi connectivity index (χ3n) is 8.36. The first-order chi connectivity index (χ1) is 27.2. The van der Waals surface area contributed by atoms with E-state index in [0.717, 1.165) is 64.2 Å². The number of rotatable bonds is 38. The average Bonchev–Trinajstić information content (AvgIpc) is 3.18. The molecule has 10 nitrogen and oxygen atoms in total. The molecule has 0 saturated carbocycles. The second kappa shape index (κ2) is 40.4. The van der Waals surface area contributed by atoms with E-state index in [9.17, 15) is 24.2 Å². The van der Waals surface area contributed by atoms with Gasteiger partial charge in [-0.3, -0.25) is 18.6 Å². The largest absolute Gasteiger partial charge is 0.472 e. The molecule has 11 heteroatoms. The van der Waals surface area contributed by atoms with Gasteiger partial charge in [0.2, 0.25) is 0 Å². The zero-order valence-corrected chi connectivity index (χ0v) is 35.6. The molecule has 0 aromatic heterocycles. The van der Waals surface area contributed by atoms with Crippen molar-refractivity contribution in [3.05, 3.63) is 85.1 Å². The molecule has 4 N–H and O–H groups in total. The molecule has 0 rings (SSSR count). The standard InChI is InChI=1S/C45H76NO9P/c1-3-5-7-9-11-13-15-17-18-20-22-24-26-28-32-37-45(49)55-43(41-54-56(50,51)53-39-38-46)40-52-44(48)36-33-29-31-35-42(47)34-30-27-25-23-21-19-16-14-12-10-8-6-4-2/h6,8,12,14,17-19,21,25,27,29-31,34,42-43,47H,3-5,7,9-11,13,15-16,20,22-24,26,28,32-33,35-41,46H2,1-2H3,(H,50,51)/b8-6-,14-12-,18-17-,21-19-,27-25-,31-29-,34-30-/t42?,43-/m1/s1. The van der Waals surface area contributed by atoms with Crippen LogP contribution in [0.5, 0.6) is 0 Å². The van der Waals surface area contributed by atoms with Crippen LogP contribution in [-0.2, 0) is 32.7 Å². The number of hydrogen-bond acceptors (Lipinski definition) is 9. The Hall–Kier alpha value is -2.85. The molecule has 0 radical (unpaired) electrons. The Morgan fingerprint density at radius 1 is 0.643 bits per heavy atom. The number of esters is 2. The predicted octanol–water partition coefficient (Wildman–Crippen LogP) is 11.0. The second-order valence-electron chi connectivity index (χ2n) is 13.7. The van der Waals surface area contributed by atoms with Crippen molar-refractivity contribution in [3.8, 4) is 0 Å². The van der Waals surface area contributed by atoms with Gasteiger partial charge in [-0.1, -0.05) is 150 Å². The van der Waals surface area contributed by atoms with Crippen LogP contribution >= 0.6 is 7.82 Å². The van der Waals surface area contributed by atoms with Crippen LogP contribution in [0.1, 0.15) is 149 Å². The SMILES string of the molecule is CC/C=C\C/C=C\C/C=C\C/C=C\C=C/C(O)C/C=C\CCC(=O)OC[C@H](COP(=O)(O)OCCN)OC(=O)CCCCCCC/C=C\CCCCCCCC. The Labute approximate surface area is 339 Å². The summed E-state index contributed by atoms with van der Waals surface area (Å²) in [5, 5.41) is 10.2. The van der Waals surface area contributed by atoms with E-state index < -0.39 is 38.6 Å². The Morgan fingerprint density at radius 3 is 1.88 bits per heavy atom. The lowest BCUT2D eigenvalue weighted by Gasteiger charge is -2.19. The molecule has 0 aliphatic heterocycles. The van der Waals surface area contributed by atoms with Gasteiger partial charge in [0, 0.05) is 19.4 Å². The molecule has 56 heavy (non-hydrogen) atoms. The van der Waals surface area contributed by atoms with Crippen molar-refractivity contribution in [1.29, 1.82) is 0 Å². The second-order valence-corrected chi connectivity index (χ2v) is 15.1. The van der Waals surface area contributed by atoms with Crippen molar-refractivity contribution in [2.24, 2.45) is 5.73 Å². The lowest BCUT2D eigenvalue weighted by atomic mass is 10.1. The Morgan fingerprint density at radius 2 is 1.23 bits per heavy atom. The van der Waals surface area contributed by atoms with Crippen molar-refractivity contribution in [3.63, 3.8) is 0 Å². The minimum absolute atomic E-state index is 0.0238. The summed E-state index contributed by atoms with van der Waals surface area (Å²) < 4.78 is 32.6. The van der Waals surface area contributed by atoms with Gasteiger partial charge in [-0.2, -0.15) is 0 Å². The molecule has 0 aliphatic rings. The van der Waals surface area contributed by atoms with Gasteiger partial charge in [-0.15, -0.1) is 0 Å². The summed E-state index contributed by atoms with van der Waals surface area (Å²) in [6, 6.07) is 0. The van der Waals surface area contributed by atoms with E-state index in [-0.39, 0.29) is 32.6 Å². The molecule has 0 amide bonds. The molecule has 0 heterocycles. The predicted molar refractivity (Wildman–Crippen MR) is 230 cm³/mol. The maximum Gasteiger partial charge on any atom is 0.472 e. The molecule has 0 spiro atoms. The van der Waals surface area contributed by atoms with E-state index in [2.05, 4.69) is 62.5 Å². The fraction of sp³-hybridized carbons (Fsp3) is 0.644. The van der Waals surface area contributed by atoms with Crippen LogP contribution in [0.3, 0.4) is 0 Å². The minimum atomic E-state index is -4.42. The highest BCUT2D eigenvalue weighted by Gasteiger charge is 2.25. The molecule has 0 aliphatic carbocycles. The molecular formula is C45H76NO9P. The van der Waals surface area contributed by atoms with Gasteiger partial charge in [-0.25, -0.2) is 4.57 Å². The number of phosphoric ester groups is 1. The fourth-order valence-corrected chi connectivity index (χ4v) is 5.97. The number of nitrogens with two attached hydrogens (primary N) is 1. The minimum Gasteiger partial charge on any atom is -0.462 e. The number of unbranched alkanes of at least 4 members (excludes halogenated alkanes) is 11. The Bertz CT molecular complexity index is 1210. The summed E-state index contributed by atoms with van der Waals surface area (Å²) in [6.45, 7) is 3.38. The third kappa shape index (κ3) is 39.4. The normalized spacial score (nSPS) is 14.7. The average molecular weight is 806 g/mol. The third-order valence-corrected chi connectivity index (χ3v) is 9.34. The van der Waals surface area contributed by atoms with E-state index in [1.54, 1.807) is 18.2 Å². The van der Waals surface area contributed by atoms with E-state index in [4.69, 9.17) is 24.3 Å². The van der Waals surface area contributed by atoms with Gasteiger partial charge >= 0.3 is 19.8 Å². The monoisotopic (exact) mass is 806 g/mol. The highest BCUT2D eigenvalue weighted by molar-refractivity contribution is 7.47. The zero-order valence-electron chi connectivity index (χ0n) is 34.7. The lowest BCUT2D eigenvalue weighted by Crippen LogP contribution is -2.29. The molecule has 2 unspecified atom stereocenters. The van der Waals surface area contributed by atoms with Crippen LogP contribution in [-0.4, -0.2) is 60.5 Å². The summed E-state index contributed by atoms with van der Waals surface area (Å²) in [6.07, 6.45) is 46.5. The summed E-state index contributed by atoms with van der Waals surface area (Å²) in [4.78, 5) is 34.8. The van der Waals surface area contributed by atoms with Gasteiger partial charge in [0.1, 0.15) is 6.61 Å². The molecule has 0 saturated heterocycles. The Balaban J connectivity index is 4.42. The quantitative estimate of drug-likeness (QED) is 0.0180. The lowest BCUT2D eigenvalue weighted by molar-refractivity contribution is -0.161. The highest BCUT2D eigenvalue weighted by Crippen LogP contribution is 2.43. The fourth-order valence-electron chi connectivity index (χ4n) is 5.21. The topological polar surface area (TPSA) is 155 Å². The van der Waals surface area contributed by atoms with Gasteiger partial charge in [-0.05, 0) is 70.6 Å². The molecule has 3 atom stereocenters. The van der Waals surface area contributed by atoms with Crippen molar-refractivity contribution < 1.29 is 42.7 Å². The van der Waals surface area contributed by atoms with Crippen molar-refractivity contribution in [1.82, 2.24) is 0 Å². The maximum atomic E-state index is 12.6. The van der Waals surface area contributed by atoms with Gasteiger partial charge < -0.3 is 25.2 Å². The number of ether oxygens (including phenoxy) is 2. The van der Waals surface area contributed by atoms with Crippen LogP contribution < -0.4 is 5.73 Å². The van der Waals surface area contributed by atoms with Crippen molar-refractivity contribution in [2.75, 3.05) is 26.4 Å². The van der Waals surface area contributed by atoms with Crippen LogP contribution in [0.25, 0.3) is 0 Å². The van der Waals surface area contributed by atoms with Gasteiger partial charge in [0.25, 0.3) is 0 Å². The molecule has 0 aromatic rings. The number of aliphatic hydroxyl groups excluding tert-OH is 1. The van der Waals surface area contributed by atoms with E-state index in [0.29, 0.717) is 19.3 Å². The molecule has 0 aromatic carbocycles. The van der Waals surface area contributed by atoms with Crippen LogP contribution in [0, 0.1) is 0 Å². The zero-order chi connectivity index (χ0) is 41.2. The number of carbonyl (C=O) groups excluding carboxylic acids is 2. The molecule has 320 valence electrons. The van der Waals surface area contributed by atoms with Crippen molar-refractivity contribution in [2.45, 2.75) is 161 Å². The smallest absolute Gasteiger partial charge is 0.462 e. The first-order valence-electron chi connectivity index (χ1n) is 21.2. The molecular weight excluding hydrogens is 729 g/mol. The number of allylic oxidation sites excluding steroid dienone is 12. The van der Waals surface area contributed by atoms with Gasteiger partial charge in [0.05, 0.1) is 19.3 Å². The van der Waals surface area contributed by atoms with E-state index in [1.165, 1.54) is 38.5 Å². The van der Waals surface area contributed by atoms with Gasteiger partial charge in [0.15, 0.2) is 6.10 Å². The van der Waals surface area contributed by atoms with Crippen LogP contribution in [0.2, 0.25) is 0 Å². The summed E-state index contributed by atoms with van der Waals surface area (Å²) in [5.74, 6) is -1.03. The van der Waals surface area contributed by atoms with E-state index in [1.807, 2.05) is 18.2 Å². The molecule has 0 fully saturated rings. The van der Waals surface area contributed by atoms with Crippen LogP contribution in [0.15, 0.2) is 85.1 Å². The van der Waals surface area contributed by atoms with Crippen LogP contribution in [0.4, 0.5) is 0 Å². The maximum absolute atomic E-state index is 12.6. The molecule has 0 bridgehead atoms. The number of phosphoric acid groups is 1.